The lowest BCUT2D eigenvalue weighted by Gasteiger charge is -2.31. The lowest BCUT2D eigenvalue weighted by molar-refractivity contribution is -0.163. The number of nitrogens with zero attached hydrogens (tertiary/aromatic N) is 1. The summed E-state index contributed by atoms with van der Waals surface area (Å²) in [5.74, 6) is -1.21. The number of nitrogens with one attached hydrogen (secondary N) is 1. The predicted octanol–water partition coefficient (Wildman–Crippen LogP) is 5.31. The molecule has 1 aromatic heterocycles. The Kier molecular flexibility index (Phi) is 13.4. The van der Waals surface area contributed by atoms with Crippen molar-refractivity contribution < 1.29 is 42.8 Å². The molecule has 1 saturated heterocycles. The number of carbonyl (C=O) groups is 3. The molecule has 0 unspecified atom stereocenters. The SMILES string of the molecule is COc1ccnc(C(=O)N[C@H]2CCC[C@H](Oc3ccccc3)[C@@H](OCCCc3ccccc3)[C@H](C)OC2=O)c1OCOC(=O)C(C)C. The third-order valence-corrected chi connectivity index (χ3v) is 7.68. The van der Waals surface area contributed by atoms with E-state index in [1.165, 1.54) is 24.9 Å². The average Bonchev–Trinajstić information content (AvgIpc) is 3.12. The summed E-state index contributed by atoms with van der Waals surface area (Å²) in [5.41, 5.74) is 1.09. The Morgan fingerprint density at radius 1 is 1.02 bits per heavy atom. The van der Waals surface area contributed by atoms with Gasteiger partial charge < -0.3 is 33.7 Å². The fourth-order valence-electron chi connectivity index (χ4n) is 5.19. The van der Waals surface area contributed by atoms with E-state index < -0.39 is 49.0 Å². The summed E-state index contributed by atoms with van der Waals surface area (Å²) in [7, 11) is 1.41. The Morgan fingerprint density at radius 3 is 2.45 bits per heavy atom. The normalized spacial score (nSPS) is 19.8. The highest BCUT2D eigenvalue weighted by Gasteiger charge is 2.37. The molecule has 11 heteroatoms. The largest absolute Gasteiger partial charge is 0.493 e. The van der Waals surface area contributed by atoms with Crippen molar-refractivity contribution in [1.82, 2.24) is 10.3 Å². The number of ether oxygens (including phenoxy) is 6. The molecule has 252 valence electrons. The van der Waals surface area contributed by atoms with E-state index in [-0.39, 0.29) is 23.1 Å². The first kappa shape index (κ1) is 35.2. The molecule has 4 atom stereocenters. The van der Waals surface area contributed by atoms with Crippen LogP contribution >= 0.6 is 0 Å². The van der Waals surface area contributed by atoms with Gasteiger partial charge in [0.1, 0.15) is 30.1 Å². The topological polar surface area (TPSA) is 132 Å². The van der Waals surface area contributed by atoms with Crippen molar-refractivity contribution in [1.29, 1.82) is 0 Å². The highest BCUT2D eigenvalue weighted by molar-refractivity contribution is 5.98. The first-order chi connectivity index (χ1) is 22.8. The second-order valence-corrected chi connectivity index (χ2v) is 11.6. The zero-order valence-corrected chi connectivity index (χ0v) is 27.4. The van der Waals surface area contributed by atoms with Crippen LogP contribution in [0.2, 0.25) is 0 Å². The van der Waals surface area contributed by atoms with Gasteiger partial charge >= 0.3 is 11.9 Å². The standard InChI is InChI=1S/C36H44N2O9/c1-24(2)35(40)45-23-44-33-29(42-4)20-21-37-31(33)34(39)38-28-18-11-19-30(47-27-16-9-6-10-17-27)32(25(3)46-36(28)41)43-22-12-15-26-13-7-5-8-14-26/h5-10,13-14,16-17,20-21,24-25,28,30,32H,11-12,15,18-19,22-23H2,1-4H3,(H,38,39)/t25-,28-,30-,32-/m0/s1. The minimum absolute atomic E-state index is 0.0193. The number of methoxy groups -OCH3 is 1. The van der Waals surface area contributed by atoms with Crippen molar-refractivity contribution in [2.75, 3.05) is 20.5 Å². The zero-order chi connectivity index (χ0) is 33.6. The first-order valence-corrected chi connectivity index (χ1v) is 16.0. The summed E-state index contributed by atoms with van der Waals surface area (Å²) in [6, 6.07) is 20.2. The number of rotatable bonds is 14. The summed E-state index contributed by atoms with van der Waals surface area (Å²) < 4.78 is 34.8. The van der Waals surface area contributed by atoms with Crippen LogP contribution in [0.15, 0.2) is 72.9 Å². The molecule has 0 spiro atoms. The van der Waals surface area contributed by atoms with Crippen LogP contribution in [0.1, 0.15) is 62.5 Å². The number of benzene rings is 2. The van der Waals surface area contributed by atoms with Gasteiger partial charge in [-0.1, -0.05) is 62.4 Å². The highest BCUT2D eigenvalue weighted by atomic mass is 16.7. The molecule has 11 nitrogen and oxygen atoms in total. The lowest BCUT2D eigenvalue weighted by Crippen LogP contribution is -2.46. The maximum atomic E-state index is 13.5. The minimum atomic E-state index is -0.973. The van der Waals surface area contributed by atoms with Crippen molar-refractivity contribution in [3.8, 4) is 17.2 Å². The van der Waals surface area contributed by atoms with E-state index in [1.54, 1.807) is 20.8 Å². The van der Waals surface area contributed by atoms with Crippen molar-refractivity contribution >= 4 is 17.8 Å². The van der Waals surface area contributed by atoms with Crippen LogP contribution in [0.3, 0.4) is 0 Å². The molecule has 47 heavy (non-hydrogen) atoms. The van der Waals surface area contributed by atoms with Gasteiger partial charge in [-0.25, -0.2) is 9.78 Å². The quantitative estimate of drug-likeness (QED) is 0.139. The van der Waals surface area contributed by atoms with Gasteiger partial charge in [0.2, 0.25) is 6.79 Å². The zero-order valence-electron chi connectivity index (χ0n) is 27.4. The van der Waals surface area contributed by atoms with Gasteiger partial charge in [0.25, 0.3) is 5.91 Å². The Bertz CT molecular complexity index is 1430. The van der Waals surface area contributed by atoms with Gasteiger partial charge in [0.15, 0.2) is 17.2 Å². The Balaban J connectivity index is 1.46. The van der Waals surface area contributed by atoms with Crippen LogP contribution < -0.4 is 19.5 Å². The third-order valence-electron chi connectivity index (χ3n) is 7.68. The predicted molar refractivity (Wildman–Crippen MR) is 173 cm³/mol. The molecular weight excluding hydrogens is 604 g/mol. The number of aryl methyl sites for hydroxylation is 1. The summed E-state index contributed by atoms with van der Waals surface area (Å²) >= 11 is 0. The lowest BCUT2D eigenvalue weighted by atomic mass is 10.0. The number of carbonyl (C=O) groups excluding carboxylic acids is 3. The highest BCUT2D eigenvalue weighted by Crippen LogP contribution is 2.30. The molecule has 3 aromatic rings. The fourth-order valence-corrected chi connectivity index (χ4v) is 5.19. The number of pyridine rings is 1. The van der Waals surface area contributed by atoms with Crippen molar-refractivity contribution in [3.05, 3.63) is 84.2 Å². The van der Waals surface area contributed by atoms with E-state index in [1.807, 2.05) is 48.5 Å². The molecule has 1 aliphatic rings. The van der Waals surface area contributed by atoms with Crippen LogP contribution in [0.4, 0.5) is 0 Å². The van der Waals surface area contributed by atoms with Gasteiger partial charge in [0, 0.05) is 18.9 Å². The summed E-state index contributed by atoms with van der Waals surface area (Å²) in [5, 5.41) is 2.76. The maximum absolute atomic E-state index is 13.5. The van der Waals surface area contributed by atoms with Crippen LogP contribution in [0, 0.1) is 5.92 Å². The van der Waals surface area contributed by atoms with Crippen LogP contribution in [-0.4, -0.2) is 67.7 Å². The number of aromatic nitrogens is 1. The molecule has 4 rings (SSSR count). The first-order valence-electron chi connectivity index (χ1n) is 16.0. The number of para-hydroxylation sites is 1. The Morgan fingerprint density at radius 2 is 1.74 bits per heavy atom. The van der Waals surface area contributed by atoms with Crippen molar-refractivity contribution in [2.45, 2.75) is 77.2 Å². The molecule has 0 radical (unpaired) electrons. The molecular formula is C36H44N2O9. The summed E-state index contributed by atoms with van der Waals surface area (Å²) in [4.78, 5) is 43.1. The van der Waals surface area contributed by atoms with Crippen LogP contribution in [-0.2, 0) is 30.2 Å². The fraction of sp³-hybridized carbons (Fsp3) is 0.444. The third kappa shape index (κ3) is 10.4. The maximum Gasteiger partial charge on any atom is 0.329 e. The number of hydrogen-bond acceptors (Lipinski definition) is 10. The molecule has 2 heterocycles. The van der Waals surface area contributed by atoms with Gasteiger partial charge in [-0.05, 0) is 56.7 Å². The molecule has 2 aromatic carbocycles. The van der Waals surface area contributed by atoms with Gasteiger partial charge in [-0.2, -0.15) is 0 Å². The van der Waals surface area contributed by atoms with E-state index in [9.17, 15) is 14.4 Å². The van der Waals surface area contributed by atoms with Crippen molar-refractivity contribution in [3.63, 3.8) is 0 Å². The van der Waals surface area contributed by atoms with Gasteiger partial charge in [-0.15, -0.1) is 0 Å². The molecule has 1 amide bonds. The molecule has 1 N–H and O–H groups in total. The van der Waals surface area contributed by atoms with E-state index in [0.29, 0.717) is 31.6 Å². The van der Waals surface area contributed by atoms with Crippen molar-refractivity contribution in [2.24, 2.45) is 5.92 Å². The van der Waals surface area contributed by atoms with Crippen LogP contribution in [0.25, 0.3) is 0 Å². The molecule has 0 saturated carbocycles. The second kappa shape index (κ2) is 17.9. The molecule has 0 aliphatic carbocycles. The molecule has 0 bridgehead atoms. The van der Waals surface area contributed by atoms with E-state index >= 15 is 0 Å². The van der Waals surface area contributed by atoms with Gasteiger partial charge in [0.05, 0.1) is 13.0 Å². The number of cyclic esters (lactones) is 1. The Labute approximate surface area is 275 Å². The Hall–Kier alpha value is -4.64. The summed E-state index contributed by atoms with van der Waals surface area (Å²) in [6.07, 6.45) is 2.78. The molecule has 1 aliphatic heterocycles. The number of amides is 1. The molecule has 1 fully saturated rings. The van der Waals surface area contributed by atoms with E-state index in [0.717, 1.165) is 12.8 Å². The van der Waals surface area contributed by atoms with Gasteiger partial charge in [-0.3, -0.25) is 9.59 Å². The minimum Gasteiger partial charge on any atom is -0.493 e. The number of hydrogen-bond donors (Lipinski definition) is 1. The monoisotopic (exact) mass is 648 g/mol. The number of esters is 2. The second-order valence-electron chi connectivity index (χ2n) is 11.6. The smallest absolute Gasteiger partial charge is 0.329 e. The van der Waals surface area contributed by atoms with E-state index in [4.69, 9.17) is 28.4 Å². The van der Waals surface area contributed by atoms with E-state index in [2.05, 4.69) is 22.4 Å². The average molecular weight is 649 g/mol. The van der Waals surface area contributed by atoms with Crippen LogP contribution in [0.5, 0.6) is 17.2 Å². The summed E-state index contributed by atoms with van der Waals surface area (Å²) in [6.45, 7) is 5.17.